The van der Waals surface area contributed by atoms with Crippen LogP contribution in [0.15, 0.2) is 146 Å². The lowest BCUT2D eigenvalue weighted by molar-refractivity contribution is 0.949. The highest BCUT2D eigenvalue weighted by Crippen LogP contribution is 2.33. The number of rotatable bonds is 9. The van der Waals surface area contributed by atoms with Crippen molar-refractivity contribution in [3.05, 3.63) is 146 Å². The third kappa shape index (κ3) is 7.52. The van der Waals surface area contributed by atoms with E-state index in [0.717, 1.165) is 56.0 Å². The lowest BCUT2D eigenvalue weighted by Gasteiger charge is -2.18. The van der Waals surface area contributed by atoms with Gasteiger partial charge in [-0.05, 0) is 108 Å². The summed E-state index contributed by atoms with van der Waals surface area (Å²) in [6.07, 6.45) is 7.60. The molecule has 4 heterocycles. The maximum Gasteiger partial charge on any atom is 0.164 e. The second-order valence-corrected chi connectivity index (χ2v) is 15.8. The van der Waals surface area contributed by atoms with Gasteiger partial charge in [-0.15, -0.1) is 0 Å². The van der Waals surface area contributed by atoms with Crippen LogP contribution in [0.25, 0.3) is 67.5 Å². The molecule has 0 saturated carbocycles. The molecule has 282 valence electrons. The van der Waals surface area contributed by atoms with Crippen LogP contribution < -0.4 is 14.7 Å². The quantitative estimate of drug-likeness (QED) is 0.147. The minimum Gasteiger partial charge on any atom is -0.372 e. The van der Waals surface area contributed by atoms with E-state index in [1.807, 2.05) is 0 Å². The maximum absolute atomic E-state index is 5.11. The van der Waals surface area contributed by atoms with Gasteiger partial charge in [-0.3, -0.25) is 0 Å². The van der Waals surface area contributed by atoms with Crippen LogP contribution in [0.2, 0.25) is 0 Å². The number of hydrogen-bond donors (Lipinski definition) is 0. The van der Waals surface area contributed by atoms with Crippen molar-refractivity contribution >= 4 is 17.1 Å². The van der Waals surface area contributed by atoms with Gasteiger partial charge in [-0.1, -0.05) is 109 Å². The van der Waals surface area contributed by atoms with Crippen molar-refractivity contribution < 1.29 is 0 Å². The maximum atomic E-state index is 5.11. The highest BCUT2D eigenvalue weighted by Gasteiger charge is 2.17. The second-order valence-electron chi connectivity index (χ2n) is 15.8. The van der Waals surface area contributed by atoms with Gasteiger partial charge < -0.3 is 14.7 Å². The first-order valence-electron chi connectivity index (χ1n) is 20.8. The average Bonchev–Trinajstić information content (AvgIpc) is 4.13. The van der Waals surface area contributed by atoms with Crippen molar-refractivity contribution in [3.63, 3.8) is 0 Å². The normalized spacial score (nSPS) is 15.5. The molecule has 57 heavy (non-hydrogen) atoms. The third-order valence-corrected chi connectivity index (χ3v) is 12.0. The predicted molar refractivity (Wildman–Crippen MR) is 237 cm³/mol. The van der Waals surface area contributed by atoms with Gasteiger partial charge in [-0.2, -0.15) is 0 Å². The first-order valence-corrected chi connectivity index (χ1v) is 20.8. The van der Waals surface area contributed by atoms with Crippen LogP contribution in [0.1, 0.15) is 38.5 Å². The molecule has 10 rings (SSSR count). The molecule has 3 fully saturated rings. The van der Waals surface area contributed by atoms with Crippen LogP contribution >= 0.6 is 0 Å². The lowest BCUT2D eigenvalue weighted by atomic mass is 10.0. The van der Waals surface area contributed by atoms with Crippen LogP contribution in [0.4, 0.5) is 17.1 Å². The lowest BCUT2D eigenvalue weighted by Crippen LogP contribution is -2.17. The Bertz CT molecular complexity index is 2180. The molecule has 7 aromatic rings. The van der Waals surface area contributed by atoms with E-state index in [-0.39, 0.29) is 0 Å². The Labute approximate surface area is 336 Å². The molecule has 6 aromatic carbocycles. The summed E-state index contributed by atoms with van der Waals surface area (Å²) in [5.41, 5.74) is 14.0. The van der Waals surface area contributed by atoms with E-state index in [0.29, 0.717) is 17.5 Å². The summed E-state index contributed by atoms with van der Waals surface area (Å²) in [5, 5.41) is 0. The van der Waals surface area contributed by atoms with Gasteiger partial charge in [0.1, 0.15) is 0 Å². The minimum atomic E-state index is 0.664. The van der Waals surface area contributed by atoms with Gasteiger partial charge in [0.15, 0.2) is 17.5 Å². The summed E-state index contributed by atoms with van der Waals surface area (Å²) in [4.78, 5) is 22.8. The Balaban J connectivity index is 0.980. The van der Waals surface area contributed by atoms with Crippen molar-refractivity contribution in [1.29, 1.82) is 0 Å². The SMILES string of the molecule is c1cc(-c2ccc(-c3nc(-c4ccc(-c5cccc(N6CCCC6)c5)cc4)nc(-c4ccc(-c5cccc(N6CCCC6)c5)cc4)n3)cc2)cc(N2CCCC2)c1. The van der Waals surface area contributed by atoms with E-state index >= 15 is 0 Å². The molecular weight excluding hydrogens is 697 g/mol. The highest BCUT2D eigenvalue weighted by atomic mass is 15.2. The molecule has 0 amide bonds. The van der Waals surface area contributed by atoms with E-state index in [9.17, 15) is 0 Å². The van der Waals surface area contributed by atoms with Crippen molar-refractivity contribution in [2.24, 2.45) is 0 Å². The first kappa shape index (κ1) is 35.2. The zero-order chi connectivity index (χ0) is 38.0. The fourth-order valence-electron chi connectivity index (χ4n) is 8.77. The Kier molecular flexibility index (Phi) is 9.69. The van der Waals surface area contributed by atoms with Crippen LogP contribution in [-0.2, 0) is 0 Å². The zero-order valence-electron chi connectivity index (χ0n) is 32.5. The summed E-state index contributed by atoms with van der Waals surface area (Å²) in [7, 11) is 0. The van der Waals surface area contributed by atoms with Crippen molar-refractivity contribution in [2.75, 3.05) is 54.0 Å². The molecule has 0 unspecified atom stereocenters. The molecule has 0 N–H and O–H groups in total. The van der Waals surface area contributed by atoms with Crippen LogP contribution in [-0.4, -0.2) is 54.2 Å². The average molecular weight is 745 g/mol. The molecule has 3 aliphatic heterocycles. The largest absolute Gasteiger partial charge is 0.372 e. The summed E-state index contributed by atoms with van der Waals surface area (Å²) >= 11 is 0. The van der Waals surface area contributed by atoms with Gasteiger partial charge in [0.2, 0.25) is 0 Å². The Morgan fingerprint density at radius 2 is 0.509 bits per heavy atom. The van der Waals surface area contributed by atoms with Gasteiger partial charge in [0.25, 0.3) is 0 Å². The Morgan fingerprint density at radius 3 is 0.772 bits per heavy atom. The Morgan fingerprint density at radius 1 is 0.263 bits per heavy atom. The predicted octanol–water partition coefficient (Wildman–Crippen LogP) is 11.7. The minimum absolute atomic E-state index is 0.664. The van der Waals surface area contributed by atoms with E-state index < -0.39 is 0 Å². The zero-order valence-corrected chi connectivity index (χ0v) is 32.5. The topological polar surface area (TPSA) is 48.4 Å². The van der Waals surface area contributed by atoms with Gasteiger partial charge in [0.05, 0.1) is 0 Å². The molecule has 0 spiro atoms. The molecule has 6 heteroatoms. The second kappa shape index (κ2) is 15.7. The standard InChI is InChI=1S/C51H48N6/c1-2-29-55(28-1)46-13-7-10-43(34-46)37-16-22-40(23-17-37)49-52-50(41-24-18-38(19-25-41)44-11-8-14-47(35-44)56-30-3-4-31-56)54-51(53-49)42-26-20-39(21-27-42)45-12-9-15-48(36-45)57-32-5-6-33-57/h7-27,34-36H,1-6,28-33H2. The Hall–Kier alpha value is -6.27. The molecule has 6 nitrogen and oxygen atoms in total. The smallest absolute Gasteiger partial charge is 0.164 e. The van der Waals surface area contributed by atoms with Crippen molar-refractivity contribution in [3.8, 4) is 67.5 Å². The molecule has 0 bridgehead atoms. The van der Waals surface area contributed by atoms with Crippen molar-refractivity contribution in [2.45, 2.75) is 38.5 Å². The molecule has 3 saturated heterocycles. The molecule has 1 aromatic heterocycles. The van der Waals surface area contributed by atoms with Gasteiger partial charge in [-0.25, -0.2) is 15.0 Å². The molecule has 0 radical (unpaired) electrons. The van der Waals surface area contributed by atoms with E-state index in [1.54, 1.807) is 0 Å². The number of aromatic nitrogens is 3. The van der Waals surface area contributed by atoms with Crippen molar-refractivity contribution in [1.82, 2.24) is 15.0 Å². The van der Waals surface area contributed by atoms with E-state index in [1.165, 1.54) is 89.0 Å². The van der Waals surface area contributed by atoms with Gasteiger partial charge >= 0.3 is 0 Å². The van der Waals surface area contributed by atoms with Crippen LogP contribution in [0.5, 0.6) is 0 Å². The summed E-state index contributed by atoms with van der Waals surface area (Å²) in [6, 6.07) is 52.8. The fourth-order valence-corrected chi connectivity index (χ4v) is 8.77. The fraction of sp³-hybridized carbons (Fsp3) is 0.235. The summed E-state index contributed by atoms with van der Waals surface area (Å²) < 4.78 is 0. The highest BCUT2D eigenvalue weighted by molar-refractivity contribution is 5.76. The molecule has 0 aliphatic carbocycles. The molecule has 0 atom stereocenters. The van der Waals surface area contributed by atoms with Gasteiger partial charge in [0, 0.05) is 73.0 Å². The van der Waals surface area contributed by atoms with Crippen LogP contribution in [0, 0.1) is 0 Å². The van der Waals surface area contributed by atoms with E-state index in [2.05, 4.69) is 160 Å². The molecular formula is C51H48N6. The van der Waals surface area contributed by atoms with Crippen LogP contribution in [0.3, 0.4) is 0 Å². The summed E-state index contributed by atoms with van der Waals surface area (Å²) in [6.45, 7) is 6.81. The number of anilines is 3. The van der Waals surface area contributed by atoms with E-state index in [4.69, 9.17) is 15.0 Å². The number of hydrogen-bond acceptors (Lipinski definition) is 6. The monoisotopic (exact) mass is 744 g/mol. The number of benzene rings is 6. The third-order valence-electron chi connectivity index (χ3n) is 12.0. The number of nitrogens with zero attached hydrogens (tertiary/aromatic N) is 6. The first-order chi connectivity index (χ1) is 28.2. The molecule has 3 aliphatic rings. The summed E-state index contributed by atoms with van der Waals surface area (Å²) in [5.74, 6) is 1.99.